The maximum absolute atomic E-state index is 11.9. The highest BCUT2D eigenvalue weighted by atomic mass is 16.7. The molecule has 5 heteroatoms. The summed E-state index contributed by atoms with van der Waals surface area (Å²) in [7, 11) is 0. The Balaban J connectivity index is 2.19. The fourth-order valence-corrected chi connectivity index (χ4v) is 2.30. The first-order chi connectivity index (χ1) is 10.4. The third-order valence-electron chi connectivity index (χ3n) is 4.42. The highest BCUT2D eigenvalue weighted by Crippen LogP contribution is 2.24. The van der Waals surface area contributed by atoms with E-state index in [-0.39, 0.29) is 12.8 Å². The monoisotopic (exact) mass is 314 g/mol. The molecule has 1 aliphatic carbocycles. The summed E-state index contributed by atoms with van der Waals surface area (Å²) in [5, 5.41) is 0. The van der Waals surface area contributed by atoms with Crippen molar-refractivity contribution in [1.82, 2.24) is 0 Å². The summed E-state index contributed by atoms with van der Waals surface area (Å²) in [5.41, 5.74) is -0.591. The van der Waals surface area contributed by atoms with Crippen LogP contribution in [0.2, 0.25) is 0 Å². The van der Waals surface area contributed by atoms with Crippen molar-refractivity contribution < 1.29 is 23.8 Å². The van der Waals surface area contributed by atoms with Gasteiger partial charge in [-0.05, 0) is 46.0 Å². The number of rotatable bonds is 8. The van der Waals surface area contributed by atoms with Gasteiger partial charge in [-0.2, -0.15) is 0 Å². The van der Waals surface area contributed by atoms with Gasteiger partial charge in [0.05, 0.1) is 12.0 Å². The normalized spacial score (nSPS) is 17.8. The van der Waals surface area contributed by atoms with Gasteiger partial charge in [0, 0.05) is 0 Å². The van der Waals surface area contributed by atoms with Gasteiger partial charge in [-0.1, -0.05) is 26.2 Å². The molecule has 0 radical (unpaired) electrons. The van der Waals surface area contributed by atoms with Crippen molar-refractivity contribution in [2.75, 3.05) is 13.4 Å². The van der Waals surface area contributed by atoms with Crippen LogP contribution in [0.5, 0.6) is 0 Å². The molecule has 0 amide bonds. The highest BCUT2D eigenvalue weighted by Gasteiger charge is 2.30. The predicted octanol–water partition coefficient (Wildman–Crippen LogP) is 3.45. The Kier molecular flexibility index (Phi) is 7.87. The second-order valence-corrected chi connectivity index (χ2v) is 6.74. The molecule has 0 N–H and O–H groups in total. The third-order valence-corrected chi connectivity index (χ3v) is 4.42. The van der Waals surface area contributed by atoms with E-state index in [4.69, 9.17) is 14.2 Å². The second kappa shape index (κ2) is 9.13. The lowest BCUT2D eigenvalue weighted by Crippen LogP contribution is -2.33. The van der Waals surface area contributed by atoms with Crippen LogP contribution in [0.4, 0.5) is 0 Å². The van der Waals surface area contributed by atoms with Gasteiger partial charge in [-0.3, -0.25) is 4.79 Å². The molecular weight excluding hydrogens is 284 g/mol. The molecule has 1 unspecified atom stereocenters. The lowest BCUT2D eigenvalue weighted by molar-refractivity contribution is -0.179. The first-order valence-electron chi connectivity index (χ1n) is 8.32. The van der Waals surface area contributed by atoms with Crippen molar-refractivity contribution in [3.63, 3.8) is 0 Å². The van der Waals surface area contributed by atoms with Crippen LogP contribution < -0.4 is 0 Å². The molecule has 1 atom stereocenters. The zero-order valence-corrected chi connectivity index (χ0v) is 14.4. The summed E-state index contributed by atoms with van der Waals surface area (Å²) < 4.78 is 15.6. The van der Waals surface area contributed by atoms with Gasteiger partial charge in [0.1, 0.15) is 0 Å². The van der Waals surface area contributed by atoms with E-state index in [9.17, 15) is 9.59 Å². The molecule has 5 nitrogen and oxygen atoms in total. The van der Waals surface area contributed by atoms with Crippen LogP contribution in [0, 0.1) is 11.3 Å². The minimum absolute atomic E-state index is 0.0750. The molecule has 0 heterocycles. The minimum Gasteiger partial charge on any atom is -0.450 e. The van der Waals surface area contributed by atoms with E-state index in [1.165, 1.54) is 39.0 Å². The first-order valence-corrected chi connectivity index (χ1v) is 8.32. The SMILES string of the molecule is CCC(C)(C)C(=O)OC(C)C(=O)OCOCC1CCCCC1. The molecule has 0 aromatic rings. The third kappa shape index (κ3) is 6.34. The van der Waals surface area contributed by atoms with Crippen LogP contribution in [-0.4, -0.2) is 31.4 Å². The number of hydrogen-bond acceptors (Lipinski definition) is 5. The van der Waals surface area contributed by atoms with Crippen LogP contribution in [0.15, 0.2) is 0 Å². The summed E-state index contributed by atoms with van der Waals surface area (Å²) in [4.78, 5) is 23.7. The van der Waals surface area contributed by atoms with Crippen LogP contribution >= 0.6 is 0 Å². The summed E-state index contributed by atoms with van der Waals surface area (Å²) >= 11 is 0. The maximum Gasteiger partial charge on any atom is 0.349 e. The minimum atomic E-state index is -0.906. The Labute approximate surface area is 133 Å². The van der Waals surface area contributed by atoms with Gasteiger partial charge < -0.3 is 14.2 Å². The number of carbonyl (C=O) groups excluding carboxylic acids is 2. The molecule has 0 saturated heterocycles. The van der Waals surface area contributed by atoms with Crippen molar-refractivity contribution in [2.24, 2.45) is 11.3 Å². The molecule has 1 rings (SSSR count). The molecule has 0 bridgehead atoms. The van der Waals surface area contributed by atoms with E-state index in [1.807, 2.05) is 6.92 Å². The van der Waals surface area contributed by atoms with Crippen LogP contribution in [0.1, 0.15) is 66.2 Å². The smallest absolute Gasteiger partial charge is 0.349 e. The van der Waals surface area contributed by atoms with Gasteiger partial charge in [0.25, 0.3) is 0 Å². The molecule has 0 aromatic carbocycles. The van der Waals surface area contributed by atoms with Crippen molar-refractivity contribution in [3.8, 4) is 0 Å². The van der Waals surface area contributed by atoms with Crippen molar-refractivity contribution in [3.05, 3.63) is 0 Å². The predicted molar refractivity (Wildman–Crippen MR) is 83.1 cm³/mol. The first kappa shape index (κ1) is 18.9. The number of carbonyl (C=O) groups is 2. The molecule has 1 fully saturated rings. The standard InChI is InChI=1S/C17H30O5/c1-5-17(3,4)16(19)22-13(2)15(18)21-12-20-11-14-9-7-6-8-10-14/h13-14H,5-12H2,1-4H3. The van der Waals surface area contributed by atoms with E-state index in [0.717, 1.165) is 0 Å². The van der Waals surface area contributed by atoms with Gasteiger partial charge in [0.2, 0.25) is 0 Å². The summed E-state index contributed by atoms with van der Waals surface area (Å²) in [6, 6.07) is 0. The number of esters is 2. The Hall–Kier alpha value is -1.10. The molecule has 1 aliphatic rings. The quantitative estimate of drug-likeness (QED) is 0.390. The Morgan fingerprint density at radius 3 is 2.41 bits per heavy atom. The van der Waals surface area contributed by atoms with E-state index >= 15 is 0 Å². The van der Waals surface area contributed by atoms with Crippen LogP contribution in [0.25, 0.3) is 0 Å². The summed E-state index contributed by atoms with van der Waals surface area (Å²) in [6.45, 7) is 7.57. The molecule has 0 aromatic heterocycles. The molecule has 1 saturated carbocycles. The van der Waals surface area contributed by atoms with Crippen LogP contribution in [-0.2, 0) is 23.8 Å². The molecule has 128 valence electrons. The van der Waals surface area contributed by atoms with E-state index in [2.05, 4.69) is 0 Å². The van der Waals surface area contributed by atoms with Gasteiger partial charge >= 0.3 is 11.9 Å². The average molecular weight is 314 g/mol. The number of ether oxygens (including phenoxy) is 3. The summed E-state index contributed by atoms with van der Waals surface area (Å²) in [5.74, 6) is -0.375. The molecular formula is C17H30O5. The molecule has 0 spiro atoms. The highest BCUT2D eigenvalue weighted by molar-refractivity contribution is 5.81. The maximum atomic E-state index is 11.9. The van der Waals surface area contributed by atoms with Crippen molar-refractivity contribution >= 4 is 11.9 Å². The second-order valence-electron chi connectivity index (χ2n) is 6.74. The van der Waals surface area contributed by atoms with Gasteiger partial charge in [0.15, 0.2) is 12.9 Å². The van der Waals surface area contributed by atoms with Gasteiger partial charge in [-0.15, -0.1) is 0 Å². The Bertz CT molecular complexity index is 358. The van der Waals surface area contributed by atoms with Crippen molar-refractivity contribution in [2.45, 2.75) is 72.3 Å². The summed E-state index contributed by atoms with van der Waals surface area (Å²) in [6.07, 6.45) is 5.95. The zero-order chi connectivity index (χ0) is 16.6. The molecule has 22 heavy (non-hydrogen) atoms. The Morgan fingerprint density at radius 2 is 1.82 bits per heavy atom. The van der Waals surface area contributed by atoms with E-state index in [1.54, 1.807) is 13.8 Å². The largest absolute Gasteiger partial charge is 0.450 e. The zero-order valence-electron chi connectivity index (χ0n) is 14.4. The van der Waals surface area contributed by atoms with Gasteiger partial charge in [-0.25, -0.2) is 4.79 Å². The fraction of sp³-hybridized carbons (Fsp3) is 0.882. The van der Waals surface area contributed by atoms with E-state index < -0.39 is 17.5 Å². The lowest BCUT2D eigenvalue weighted by Gasteiger charge is -2.23. The topological polar surface area (TPSA) is 61.8 Å². The average Bonchev–Trinajstić information content (AvgIpc) is 2.52. The Morgan fingerprint density at radius 1 is 1.18 bits per heavy atom. The van der Waals surface area contributed by atoms with Crippen LogP contribution in [0.3, 0.4) is 0 Å². The lowest BCUT2D eigenvalue weighted by atomic mass is 9.90. The number of hydrogen-bond donors (Lipinski definition) is 0. The van der Waals surface area contributed by atoms with Crippen molar-refractivity contribution in [1.29, 1.82) is 0 Å². The van der Waals surface area contributed by atoms with E-state index in [0.29, 0.717) is 18.9 Å². The molecule has 0 aliphatic heterocycles. The fourth-order valence-electron chi connectivity index (χ4n) is 2.30.